The maximum absolute atomic E-state index is 5.36. The SMILES string of the molecule is CC1CCC(NCC2CCOCC2)C1. The van der Waals surface area contributed by atoms with Gasteiger partial charge in [-0.2, -0.15) is 0 Å². The van der Waals surface area contributed by atoms with Crippen molar-refractivity contribution in [2.24, 2.45) is 11.8 Å². The Morgan fingerprint density at radius 2 is 1.93 bits per heavy atom. The van der Waals surface area contributed by atoms with Crippen LogP contribution in [0.3, 0.4) is 0 Å². The molecule has 1 N–H and O–H groups in total. The molecule has 0 aromatic carbocycles. The van der Waals surface area contributed by atoms with Crippen molar-refractivity contribution in [1.29, 1.82) is 0 Å². The summed E-state index contributed by atoms with van der Waals surface area (Å²) in [6.07, 6.45) is 6.73. The lowest BCUT2D eigenvalue weighted by molar-refractivity contribution is 0.0655. The van der Waals surface area contributed by atoms with E-state index in [1.807, 2.05) is 0 Å². The van der Waals surface area contributed by atoms with Crippen molar-refractivity contribution in [3.63, 3.8) is 0 Å². The predicted octanol–water partition coefficient (Wildman–Crippen LogP) is 2.19. The van der Waals surface area contributed by atoms with Crippen LogP contribution in [-0.4, -0.2) is 25.8 Å². The van der Waals surface area contributed by atoms with E-state index in [2.05, 4.69) is 12.2 Å². The van der Waals surface area contributed by atoms with Crippen LogP contribution >= 0.6 is 0 Å². The molecule has 1 saturated heterocycles. The highest BCUT2D eigenvalue weighted by atomic mass is 16.5. The van der Waals surface area contributed by atoms with Crippen LogP contribution in [0.4, 0.5) is 0 Å². The Kier molecular flexibility index (Phi) is 3.82. The topological polar surface area (TPSA) is 21.3 Å². The molecule has 14 heavy (non-hydrogen) atoms. The predicted molar refractivity (Wildman–Crippen MR) is 58.3 cm³/mol. The molecular weight excluding hydrogens is 174 g/mol. The van der Waals surface area contributed by atoms with Gasteiger partial charge in [-0.3, -0.25) is 0 Å². The van der Waals surface area contributed by atoms with Gasteiger partial charge in [0.05, 0.1) is 0 Å². The molecule has 0 spiro atoms. The molecule has 1 heterocycles. The molecule has 2 fully saturated rings. The van der Waals surface area contributed by atoms with Crippen molar-refractivity contribution in [2.75, 3.05) is 19.8 Å². The summed E-state index contributed by atoms with van der Waals surface area (Å²) in [5, 5.41) is 3.73. The zero-order valence-electron chi connectivity index (χ0n) is 9.30. The molecule has 0 aromatic rings. The third-order valence-corrected chi connectivity index (χ3v) is 3.73. The van der Waals surface area contributed by atoms with Gasteiger partial charge >= 0.3 is 0 Å². The lowest BCUT2D eigenvalue weighted by Gasteiger charge is -2.24. The Balaban J connectivity index is 1.61. The molecule has 82 valence electrons. The maximum atomic E-state index is 5.36. The Morgan fingerprint density at radius 3 is 2.57 bits per heavy atom. The summed E-state index contributed by atoms with van der Waals surface area (Å²) >= 11 is 0. The zero-order valence-corrected chi connectivity index (χ0v) is 9.30. The van der Waals surface area contributed by atoms with E-state index in [-0.39, 0.29) is 0 Å². The normalized spacial score (nSPS) is 34.9. The largest absolute Gasteiger partial charge is 0.381 e. The van der Waals surface area contributed by atoms with Crippen LogP contribution in [-0.2, 0) is 4.74 Å². The number of rotatable bonds is 3. The summed E-state index contributed by atoms with van der Waals surface area (Å²) in [4.78, 5) is 0. The summed E-state index contributed by atoms with van der Waals surface area (Å²) in [6, 6.07) is 0.813. The molecule has 0 amide bonds. The van der Waals surface area contributed by atoms with Gasteiger partial charge in [0, 0.05) is 19.3 Å². The molecule has 2 heteroatoms. The van der Waals surface area contributed by atoms with Gasteiger partial charge in [-0.25, -0.2) is 0 Å². The first-order valence-electron chi connectivity index (χ1n) is 6.15. The number of nitrogens with one attached hydrogen (secondary N) is 1. The van der Waals surface area contributed by atoms with E-state index in [0.29, 0.717) is 0 Å². The number of hydrogen-bond donors (Lipinski definition) is 1. The summed E-state index contributed by atoms with van der Waals surface area (Å²) < 4.78 is 5.36. The van der Waals surface area contributed by atoms with Crippen LogP contribution in [0.5, 0.6) is 0 Å². The Hall–Kier alpha value is -0.0800. The Labute approximate surface area is 87.4 Å². The second-order valence-electron chi connectivity index (χ2n) is 5.08. The minimum absolute atomic E-state index is 0.813. The van der Waals surface area contributed by atoms with E-state index in [4.69, 9.17) is 4.74 Å². The standard InChI is InChI=1S/C12H23NO/c1-10-2-3-12(8-10)13-9-11-4-6-14-7-5-11/h10-13H,2-9H2,1H3. The Bertz CT molecular complexity index is 161. The van der Waals surface area contributed by atoms with Crippen molar-refractivity contribution >= 4 is 0 Å². The van der Waals surface area contributed by atoms with E-state index in [9.17, 15) is 0 Å². The summed E-state index contributed by atoms with van der Waals surface area (Å²) in [7, 11) is 0. The zero-order chi connectivity index (χ0) is 9.80. The first-order valence-corrected chi connectivity index (χ1v) is 6.15. The van der Waals surface area contributed by atoms with Gasteiger partial charge in [-0.1, -0.05) is 6.92 Å². The number of hydrogen-bond acceptors (Lipinski definition) is 2. The molecule has 1 saturated carbocycles. The second-order valence-corrected chi connectivity index (χ2v) is 5.08. The second kappa shape index (κ2) is 5.13. The fourth-order valence-corrected chi connectivity index (χ4v) is 2.68. The van der Waals surface area contributed by atoms with Gasteiger partial charge in [0.2, 0.25) is 0 Å². The third kappa shape index (κ3) is 2.96. The van der Waals surface area contributed by atoms with E-state index < -0.39 is 0 Å². The van der Waals surface area contributed by atoms with Crippen molar-refractivity contribution < 1.29 is 4.74 Å². The van der Waals surface area contributed by atoms with Crippen molar-refractivity contribution in [3.8, 4) is 0 Å². The van der Waals surface area contributed by atoms with E-state index in [1.54, 1.807) is 0 Å². The highest BCUT2D eigenvalue weighted by Crippen LogP contribution is 2.25. The van der Waals surface area contributed by atoms with Crippen LogP contribution in [0.15, 0.2) is 0 Å². The number of ether oxygens (including phenoxy) is 1. The molecule has 0 radical (unpaired) electrons. The molecule has 2 aliphatic rings. The molecule has 1 aliphatic carbocycles. The monoisotopic (exact) mass is 197 g/mol. The minimum Gasteiger partial charge on any atom is -0.381 e. The van der Waals surface area contributed by atoms with Crippen LogP contribution in [0.2, 0.25) is 0 Å². The third-order valence-electron chi connectivity index (χ3n) is 3.73. The van der Waals surface area contributed by atoms with Gasteiger partial charge in [-0.15, -0.1) is 0 Å². The highest BCUT2D eigenvalue weighted by Gasteiger charge is 2.22. The average molecular weight is 197 g/mol. The summed E-state index contributed by atoms with van der Waals surface area (Å²) in [6.45, 7) is 5.55. The first kappa shape index (κ1) is 10.4. The van der Waals surface area contributed by atoms with Crippen molar-refractivity contribution in [1.82, 2.24) is 5.32 Å². The van der Waals surface area contributed by atoms with Crippen LogP contribution in [0, 0.1) is 11.8 Å². The summed E-state index contributed by atoms with van der Waals surface area (Å²) in [5.41, 5.74) is 0. The van der Waals surface area contributed by atoms with Gasteiger partial charge in [-0.05, 0) is 50.5 Å². The highest BCUT2D eigenvalue weighted by molar-refractivity contribution is 4.79. The molecule has 0 bridgehead atoms. The maximum Gasteiger partial charge on any atom is 0.0469 e. The molecule has 0 aromatic heterocycles. The lowest BCUT2D eigenvalue weighted by Crippen LogP contribution is -2.33. The fraction of sp³-hybridized carbons (Fsp3) is 1.00. The van der Waals surface area contributed by atoms with E-state index >= 15 is 0 Å². The average Bonchev–Trinajstić information content (AvgIpc) is 2.63. The molecule has 2 unspecified atom stereocenters. The Morgan fingerprint density at radius 1 is 1.14 bits per heavy atom. The van der Waals surface area contributed by atoms with E-state index in [0.717, 1.165) is 31.1 Å². The fourth-order valence-electron chi connectivity index (χ4n) is 2.68. The van der Waals surface area contributed by atoms with Crippen molar-refractivity contribution in [2.45, 2.75) is 45.1 Å². The van der Waals surface area contributed by atoms with Crippen LogP contribution in [0.25, 0.3) is 0 Å². The molecule has 2 atom stereocenters. The van der Waals surface area contributed by atoms with Crippen LogP contribution in [0.1, 0.15) is 39.0 Å². The quantitative estimate of drug-likeness (QED) is 0.749. The lowest BCUT2D eigenvalue weighted by atomic mass is 10.00. The van der Waals surface area contributed by atoms with Gasteiger partial charge < -0.3 is 10.1 Å². The van der Waals surface area contributed by atoms with Crippen molar-refractivity contribution in [3.05, 3.63) is 0 Å². The van der Waals surface area contributed by atoms with Crippen LogP contribution < -0.4 is 5.32 Å². The van der Waals surface area contributed by atoms with Gasteiger partial charge in [0.15, 0.2) is 0 Å². The molecule has 1 aliphatic heterocycles. The smallest absolute Gasteiger partial charge is 0.0469 e. The molecule has 2 nitrogen and oxygen atoms in total. The van der Waals surface area contributed by atoms with Gasteiger partial charge in [0.1, 0.15) is 0 Å². The van der Waals surface area contributed by atoms with Gasteiger partial charge in [0.25, 0.3) is 0 Å². The summed E-state index contributed by atoms with van der Waals surface area (Å²) in [5.74, 6) is 1.82. The molecular formula is C12H23NO. The van der Waals surface area contributed by atoms with E-state index in [1.165, 1.54) is 38.6 Å². The first-order chi connectivity index (χ1) is 6.84. The molecule has 2 rings (SSSR count). The minimum atomic E-state index is 0.813.